The Morgan fingerprint density at radius 1 is 1.20 bits per heavy atom. The van der Waals surface area contributed by atoms with Crippen molar-refractivity contribution < 1.29 is 14.6 Å². The summed E-state index contributed by atoms with van der Waals surface area (Å²) in [5.74, 6) is -0.209. The topological polar surface area (TPSA) is 46.5 Å². The first-order valence-corrected chi connectivity index (χ1v) is 7.01. The van der Waals surface area contributed by atoms with Crippen molar-refractivity contribution in [1.29, 1.82) is 0 Å². The highest BCUT2D eigenvalue weighted by molar-refractivity contribution is 5.86. The zero-order chi connectivity index (χ0) is 14.5. The van der Waals surface area contributed by atoms with Crippen LogP contribution in [-0.4, -0.2) is 17.7 Å². The Bertz CT molecular complexity index is 604. The first kappa shape index (κ1) is 14.4. The van der Waals surface area contributed by atoms with Crippen molar-refractivity contribution in [1.82, 2.24) is 0 Å². The number of fused-ring (bicyclic) bond motifs is 1. The number of phenols is 1. The fourth-order valence-corrected chi connectivity index (χ4v) is 2.10. The molecule has 0 bridgehead atoms. The SMILES string of the molecule is CCCCOC(=O)[C@@H](C)c1ccc2cc(O)ccc2c1. The third kappa shape index (κ3) is 3.29. The average molecular weight is 272 g/mol. The number of rotatable bonds is 5. The van der Waals surface area contributed by atoms with E-state index in [0.717, 1.165) is 29.2 Å². The van der Waals surface area contributed by atoms with Gasteiger partial charge in [0.05, 0.1) is 12.5 Å². The molecule has 106 valence electrons. The number of benzene rings is 2. The van der Waals surface area contributed by atoms with Crippen LogP contribution in [0.2, 0.25) is 0 Å². The molecule has 1 N–H and O–H groups in total. The summed E-state index contributed by atoms with van der Waals surface area (Å²) >= 11 is 0. The number of phenolic OH excluding ortho intramolecular Hbond substituents is 1. The molecular formula is C17H20O3. The monoisotopic (exact) mass is 272 g/mol. The summed E-state index contributed by atoms with van der Waals surface area (Å²) in [4.78, 5) is 11.9. The van der Waals surface area contributed by atoms with E-state index in [-0.39, 0.29) is 17.6 Å². The second-order valence-electron chi connectivity index (χ2n) is 5.03. The maximum atomic E-state index is 11.9. The largest absolute Gasteiger partial charge is 0.508 e. The first-order chi connectivity index (χ1) is 9.61. The Hall–Kier alpha value is -2.03. The maximum absolute atomic E-state index is 11.9. The van der Waals surface area contributed by atoms with Gasteiger partial charge in [-0.05, 0) is 41.8 Å². The molecule has 1 atom stereocenters. The van der Waals surface area contributed by atoms with Crippen molar-refractivity contribution in [2.24, 2.45) is 0 Å². The lowest BCUT2D eigenvalue weighted by molar-refractivity contribution is -0.145. The van der Waals surface area contributed by atoms with Crippen molar-refractivity contribution in [2.75, 3.05) is 6.61 Å². The number of ether oxygens (including phenoxy) is 1. The lowest BCUT2D eigenvalue weighted by Gasteiger charge is -2.12. The number of carbonyl (C=O) groups excluding carboxylic acids is 1. The zero-order valence-electron chi connectivity index (χ0n) is 11.9. The summed E-state index contributed by atoms with van der Waals surface area (Å²) in [5, 5.41) is 11.4. The van der Waals surface area contributed by atoms with Gasteiger partial charge in [-0.1, -0.05) is 37.6 Å². The number of carbonyl (C=O) groups is 1. The highest BCUT2D eigenvalue weighted by atomic mass is 16.5. The van der Waals surface area contributed by atoms with Gasteiger partial charge in [0, 0.05) is 0 Å². The first-order valence-electron chi connectivity index (χ1n) is 7.01. The molecular weight excluding hydrogens is 252 g/mol. The van der Waals surface area contributed by atoms with E-state index in [1.165, 1.54) is 0 Å². The van der Waals surface area contributed by atoms with Crippen molar-refractivity contribution in [3.8, 4) is 5.75 Å². The van der Waals surface area contributed by atoms with Crippen LogP contribution in [0.1, 0.15) is 38.2 Å². The van der Waals surface area contributed by atoms with Crippen LogP contribution in [0.4, 0.5) is 0 Å². The number of hydrogen-bond donors (Lipinski definition) is 1. The van der Waals surface area contributed by atoms with E-state index >= 15 is 0 Å². The molecule has 3 heteroatoms. The molecule has 0 saturated carbocycles. The molecule has 0 spiro atoms. The van der Waals surface area contributed by atoms with Crippen molar-refractivity contribution in [3.05, 3.63) is 42.0 Å². The highest BCUT2D eigenvalue weighted by Gasteiger charge is 2.16. The minimum absolute atomic E-state index is 0.184. The molecule has 0 radical (unpaired) electrons. The normalized spacial score (nSPS) is 12.3. The lowest BCUT2D eigenvalue weighted by atomic mass is 9.98. The molecule has 0 unspecified atom stereocenters. The van der Waals surface area contributed by atoms with Crippen LogP contribution in [-0.2, 0) is 9.53 Å². The lowest BCUT2D eigenvalue weighted by Crippen LogP contribution is -2.13. The van der Waals surface area contributed by atoms with Crippen LogP contribution >= 0.6 is 0 Å². The molecule has 20 heavy (non-hydrogen) atoms. The Kier molecular flexibility index (Phi) is 4.61. The van der Waals surface area contributed by atoms with Gasteiger partial charge in [0.15, 0.2) is 0 Å². The molecule has 0 aliphatic rings. The zero-order valence-corrected chi connectivity index (χ0v) is 11.9. The molecule has 2 rings (SSSR count). The molecule has 0 heterocycles. The fourth-order valence-electron chi connectivity index (χ4n) is 2.10. The van der Waals surface area contributed by atoms with Crippen LogP contribution in [0.15, 0.2) is 36.4 Å². The van der Waals surface area contributed by atoms with E-state index < -0.39 is 0 Å². The van der Waals surface area contributed by atoms with Gasteiger partial charge in [0.2, 0.25) is 0 Å². The summed E-state index contributed by atoms with van der Waals surface area (Å²) in [6, 6.07) is 11.0. The second kappa shape index (κ2) is 6.42. The van der Waals surface area contributed by atoms with Gasteiger partial charge in [-0.2, -0.15) is 0 Å². The van der Waals surface area contributed by atoms with Crippen molar-refractivity contribution in [2.45, 2.75) is 32.6 Å². The molecule has 2 aromatic carbocycles. The van der Waals surface area contributed by atoms with Gasteiger partial charge >= 0.3 is 5.97 Å². The molecule has 2 aromatic rings. The van der Waals surface area contributed by atoms with Crippen LogP contribution in [0.25, 0.3) is 10.8 Å². The van der Waals surface area contributed by atoms with Crippen LogP contribution in [0.3, 0.4) is 0 Å². The standard InChI is InChI=1S/C17H20O3/c1-3-4-9-20-17(19)12(2)13-5-6-15-11-16(18)8-7-14(15)10-13/h5-8,10-12,18H,3-4,9H2,1-2H3/t12-/m0/s1. The van der Waals surface area contributed by atoms with Gasteiger partial charge in [-0.15, -0.1) is 0 Å². The van der Waals surface area contributed by atoms with E-state index in [9.17, 15) is 9.90 Å². The predicted octanol–water partition coefficient (Wildman–Crippen LogP) is 3.99. The van der Waals surface area contributed by atoms with Crippen LogP contribution < -0.4 is 0 Å². The van der Waals surface area contributed by atoms with E-state index in [0.29, 0.717) is 6.61 Å². The van der Waals surface area contributed by atoms with E-state index in [2.05, 4.69) is 6.92 Å². The van der Waals surface area contributed by atoms with E-state index in [1.54, 1.807) is 12.1 Å². The van der Waals surface area contributed by atoms with Crippen LogP contribution in [0, 0.1) is 0 Å². The Morgan fingerprint density at radius 3 is 2.65 bits per heavy atom. The van der Waals surface area contributed by atoms with Gasteiger partial charge in [-0.3, -0.25) is 4.79 Å². The predicted molar refractivity (Wildman–Crippen MR) is 79.9 cm³/mol. The van der Waals surface area contributed by atoms with Gasteiger partial charge in [-0.25, -0.2) is 0 Å². The molecule has 0 aliphatic carbocycles. The van der Waals surface area contributed by atoms with E-state index in [4.69, 9.17) is 4.74 Å². The number of hydrogen-bond acceptors (Lipinski definition) is 3. The average Bonchev–Trinajstić information content (AvgIpc) is 2.46. The molecule has 0 amide bonds. The molecule has 3 nitrogen and oxygen atoms in total. The second-order valence-corrected chi connectivity index (χ2v) is 5.03. The minimum Gasteiger partial charge on any atom is -0.508 e. The summed E-state index contributed by atoms with van der Waals surface area (Å²) in [6.45, 7) is 4.41. The maximum Gasteiger partial charge on any atom is 0.313 e. The molecule has 0 saturated heterocycles. The van der Waals surface area contributed by atoms with Gasteiger partial charge in [0.1, 0.15) is 5.75 Å². The summed E-state index contributed by atoms with van der Waals surface area (Å²) < 4.78 is 5.25. The number of unbranched alkanes of at least 4 members (excludes halogenated alkanes) is 1. The Balaban J connectivity index is 2.15. The third-order valence-corrected chi connectivity index (χ3v) is 3.44. The number of aromatic hydroxyl groups is 1. The Morgan fingerprint density at radius 2 is 1.90 bits per heavy atom. The highest BCUT2D eigenvalue weighted by Crippen LogP contribution is 2.25. The van der Waals surface area contributed by atoms with Crippen molar-refractivity contribution in [3.63, 3.8) is 0 Å². The summed E-state index contributed by atoms with van der Waals surface area (Å²) in [7, 11) is 0. The fraction of sp³-hybridized carbons (Fsp3) is 0.353. The third-order valence-electron chi connectivity index (χ3n) is 3.44. The number of esters is 1. The Labute approximate surface area is 119 Å². The van der Waals surface area contributed by atoms with E-state index in [1.807, 2.05) is 31.2 Å². The summed E-state index contributed by atoms with van der Waals surface area (Å²) in [5.41, 5.74) is 0.935. The smallest absolute Gasteiger partial charge is 0.313 e. The minimum atomic E-state index is -0.273. The van der Waals surface area contributed by atoms with Gasteiger partial charge in [0.25, 0.3) is 0 Å². The quantitative estimate of drug-likeness (QED) is 0.661. The summed E-state index contributed by atoms with van der Waals surface area (Å²) in [6.07, 6.45) is 1.91. The van der Waals surface area contributed by atoms with Crippen molar-refractivity contribution >= 4 is 16.7 Å². The van der Waals surface area contributed by atoms with Crippen LogP contribution in [0.5, 0.6) is 5.75 Å². The molecule has 0 aliphatic heterocycles. The molecule has 0 aromatic heterocycles. The molecule has 0 fully saturated rings. The van der Waals surface area contributed by atoms with Gasteiger partial charge < -0.3 is 9.84 Å².